The number of ether oxygens (including phenoxy) is 3. The highest BCUT2D eigenvalue weighted by Crippen LogP contribution is 2.29. The van der Waals surface area contributed by atoms with Gasteiger partial charge in [0.15, 0.2) is 6.10 Å². The minimum atomic E-state index is -0.882. The maximum atomic E-state index is 12.4. The molecule has 1 N–H and O–H groups in total. The number of nitrogens with zero attached hydrogens (tertiary/aromatic N) is 1. The molecule has 0 heterocycles. The van der Waals surface area contributed by atoms with Gasteiger partial charge < -0.3 is 19.5 Å². The minimum Gasteiger partial charge on any atom is -0.496 e. The molecule has 0 saturated heterocycles. The van der Waals surface area contributed by atoms with Gasteiger partial charge in [0.1, 0.15) is 28.7 Å². The molecule has 3 rings (SSSR count). The first-order valence-electron chi connectivity index (χ1n) is 9.09. The van der Waals surface area contributed by atoms with E-state index in [-0.39, 0.29) is 11.4 Å². The van der Waals surface area contributed by atoms with Crippen LogP contribution in [0.25, 0.3) is 0 Å². The largest absolute Gasteiger partial charge is 0.496 e. The third kappa shape index (κ3) is 5.26. The second-order valence-electron chi connectivity index (χ2n) is 6.28. The summed E-state index contributed by atoms with van der Waals surface area (Å²) in [4.78, 5) is 23.1. The summed E-state index contributed by atoms with van der Waals surface area (Å²) in [7, 11) is 1.41. The number of anilines is 1. The smallest absolute Gasteiger partial charge is 0.296 e. The van der Waals surface area contributed by atoms with E-state index in [9.17, 15) is 14.9 Å². The number of nitro benzene ring substituents is 1. The Morgan fingerprint density at radius 3 is 2.17 bits per heavy atom. The maximum absolute atomic E-state index is 12.4. The molecule has 0 aliphatic carbocycles. The van der Waals surface area contributed by atoms with E-state index in [2.05, 4.69) is 5.32 Å². The minimum absolute atomic E-state index is 0.0628. The molecule has 0 fully saturated rings. The van der Waals surface area contributed by atoms with Crippen molar-refractivity contribution in [2.75, 3.05) is 12.4 Å². The zero-order valence-electron chi connectivity index (χ0n) is 16.4. The van der Waals surface area contributed by atoms with Crippen LogP contribution in [0.1, 0.15) is 6.92 Å². The zero-order valence-corrected chi connectivity index (χ0v) is 16.4. The van der Waals surface area contributed by atoms with Gasteiger partial charge in [-0.15, -0.1) is 0 Å². The summed E-state index contributed by atoms with van der Waals surface area (Å²) in [6, 6.07) is 20.3. The van der Waals surface area contributed by atoms with Gasteiger partial charge in [-0.3, -0.25) is 14.9 Å². The summed E-state index contributed by atoms with van der Waals surface area (Å²) in [6.45, 7) is 1.55. The lowest BCUT2D eigenvalue weighted by molar-refractivity contribution is -0.384. The average Bonchev–Trinajstić information content (AvgIpc) is 2.76. The molecule has 1 unspecified atom stereocenters. The van der Waals surface area contributed by atoms with Gasteiger partial charge in [0.25, 0.3) is 11.6 Å². The van der Waals surface area contributed by atoms with Crippen molar-refractivity contribution in [2.45, 2.75) is 13.0 Å². The topological polar surface area (TPSA) is 99.9 Å². The number of hydrogen-bond acceptors (Lipinski definition) is 6. The number of nitrogens with one attached hydrogen (secondary N) is 1. The summed E-state index contributed by atoms with van der Waals surface area (Å²) in [6.07, 6.45) is -0.882. The van der Waals surface area contributed by atoms with E-state index in [1.54, 1.807) is 31.2 Å². The van der Waals surface area contributed by atoms with E-state index < -0.39 is 16.9 Å². The molecule has 0 spiro atoms. The first-order valence-corrected chi connectivity index (χ1v) is 9.09. The number of amides is 1. The van der Waals surface area contributed by atoms with Crippen LogP contribution in [0.2, 0.25) is 0 Å². The van der Waals surface area contributed by atoms with Crippen LogP contribution in [0.4, 0.5) is 11.4 Å². The highest BCUT2D eigenvalue weighted by molar-refractivity contribution is 5.96. The van der Waals surface area contributed by atoms with Crippen LogP contribution in [-0.2, 0) is 4.79 Å². The third-order valence-electron chi connectivity index (χ3n) is 4.14. The third-order valence-corrected chi connectivity index (χ3v) is 4.14. The molecule has 0 radical (unpaired) electrons. The standard InChI is InChI=1S/C22H20N2O6/c1-15(22(25)23-20-13-12-19(28-2)14-21(20)24(26)27)29-17-8-10-18(11-9-17)30-16-6-4-3-5-7-16/h3-15H,1-2H3,(H,23,25). The normalized spacial score (nSPS) is 11.3. The van der Waals surface area contributed by atoms with Gasteiger partial charge in [0.2, 0.25) is 0 Å². The first-order chi connectivity index (χ1) is 14.5. The van der Waals surface area contributed by atoms with Crippen LogP contribution >= 0.6 is 0 Å². The Hall–Kier alpha value is -4.07. The van der Waals surface area contributed by atoms with Crippen molar-refractivity contribution in [3.8, 4) is 23.0 Å². The lowest BCUT2D eigenvalue weighted by atomic mass is 10.2. The van der Waals surface area contributed by atoms with Crippen LogP contribution in [0.5, 0.6) is 23.0 Å². The van der Waals surface area contributed by atoms with Crippen molar-refractivity contribution in [2.24, 2.45) is 0 Å². The van der Waals surface area contributed by atoms with Crippen LogP contribution in [0, 0.1) is 10.1 Å². The van der Waals surface area contributed by atoms with Crippen molar-refractivity contribution < 1.29 is 23.9 Å². The molecule has 1 amide bonds. The second kappa shape index (κ2) is 9.42. The molecule has 0 aromatic heterocycles. The van der Waals surface area contributed by atoms with Gasteiger partial charge in [-0.1, -0.05) is 18.2 Å². The molecular formula is C22H20N2O6. The summed E-state index contributed by atoms with van der Waals surface area (Å²) in [5.74, 6) is 1.59. The number of para-hydroxylation sites is 1. The van der Waals surface area contributed by atoms with Gasteiger partial charge in [0.05, 0.1) is 18.1 Å². The predicted octanol–water partition coefficient (Wildman–Crippen LogP) is 4.80. The fourth-order valence-corrected chi connectivity index (χ4v) is 2.60. The molecule has 0 bridgehead atoms. The number of carbonyl (C=O) groups is 1. The Balaban J connectivity index is 1.62. The average molecular weight is 408 g/mol. The Kier molecular flexibility index (Phi) is 6.49. The van der Waals surface area contributed by atoms with Gasteiger partial charge in [-0.2, -0.15) is 0 Å². The summed E-state index contributed by atoms with van der Waals surface area (Å²) in [5.41, 5.74) is -0.204. The fourth-order valence-electron chi connectivity index (χ4n) is 2.60. The monoisotopic (exact) mass is 408 g/mol. The highest BCUT2D eigenvalue weighted by atomic mass is 16.6. The van der Waals surface area contributed by atoms with Gasteiger partial charge in [-0.25, -0.2) is 0 Å². The van der Waals surface area contributed by atoms with Crippen molar-refractivity contribution in [3.63, 3.8) is 0 Å². The van der Waals surface area contributed by atoms with E-state index >= 15 is 0 Å². The molecule has 8 heteroatoms. The summed E-state index contributed by atoms with van der Waals surface area (Å²) >= 11 is 0. The molecule has 0 aliphatic heterocycles. The molecule has 1 atom stereocenters. The Morgan fingerprint density at radius 1 is 0.933 bits per heavy atom. The van der Waals surface area contributed by atoms with Crippen molar-refractivity contribution in [1.82, 2.24) is 0 Å². The summed E-state index contributed by atoms with van der Waals surface area (Å²) in [5, 5.41) is 13.8. The number of carbonyl (C=O) groups excluding carboxylic acids is 1. The van der Waals surface area contributed by atoms with Crippen LogP contribution < -0.4 is 19.5 Å². The Labute approximate surface area is 173 Å². The van der Waals surface area contributed by atoms with Gasteiger partial charge in [0, 0.05) is 0 Å². The fraction of sp³-hybridized carbons (Fsp3) is 0.136. The van der Waals surface area contributed by atoms with Gasteiger partial charge in [-0.05, 0) is 55.5 Å². The SMILES string of the molecule is COc1ccc(NC(=O)C(C)Oc2ccc(Oc3ccccc3)cc2)c([N+](=O)[O-])c1. The first kappa shape index (κ1) is 20.7. The van der Waals surface area contributed by atoms with E-state index in [1.165, 1.54) is 25.3 Å². The maximum Gasteiger partial charge on any atom is 0.296 e. The molecule has 154 valence electrons. The van der Waals surface area contributed by atoms with Crippen LogP contribution in [0.3, 0.4) is 0 Å². The van der Waals surface area contributed by atoms with E-state index in [1.807, 2.05) is 30.3 Å². The number of rotatable bonds is 8. The van der Waals surface area contributed by atoms with E-state index in [0.717, 1.165) is 0 Å². The van der Waals surface area contributed by atoms with Crippen LogP contribution in [-0.4, -0.2) is 24.0 Å². The molecule has 3 aromatic carbocycles. The molecular weight excluding hydrogens is 388 g/mol. The summed E-state index contributed by atoms with van der Waals surface area (Å²) < 4.78 is 16.3. The van der Waals surface area contributed by atoms with Gasteiger partial charge >= 0.3 is 0 Å². The Bertz CT molecular complexity index is 1020. The zero-order chi connectivity index (χ0) is 21.5. The molecule has 8 nitrogen and oxygen atoms in total. The molecule has 30 heavy (non-hydrogen) atoms. The number of hydrogen-bond donors (Lipinski definition) is 1. The van der Waals surface area contributed by atoms with E-state index in [0.29, 0.717) is 23.0 Å². The highest BCUT2D eigenvalue weighted by Gasteiger charge is 2.21. The molecule has 0 saturated carbocycles. The lowest BCUT2D eigenvalue weighted by Crippen LogP contribution is -2.30. The quantitative estimate of drug-likeness (QED) is 0.424. The predicted molar refractivity (Wildman–Crippen MR) is 111 cm³/mol. The van der Waals surface area contributed by atoms with Crippen molar-refractivity contribution >= 4 is 17.3 Å². The number of nitro groups is 1. The van der Waals surface area contributed by atoms with E-state index in [4.69, 9.17) is 14.2 Å². The van der Waals surface area contributed by atoms with Crippen LogP contribution in [0.15, 0.2) is 72.8 Å². The second-order valence-corrected chi connectivity index (χ2v) is 6.28. The molecule has 3 aromatic rings. The van der Waals surface area contributed by atoms with Crippen molar-refractivity contribution in [3.05, 3.63) is 82.9 Å². The molecule has 0 aliphatic rings. The van der Waals surface area contributed by atoms with Crippen molar-refractivity contribution in [1.29, 1.82) is 0 Å². The Morgan fingerprint density at radius 2 is 1.53 bits per heavy atom. The number of methoxy groups -OCH3 is 1. The lowest BCUT2D eigenvalue weighted by Gasteiger charge is -2.15. The number of benzene rings is 3.